The molecule has 0 N–H and O–H groups in total. The van der Waals surface area contributed by atoms with E-state index in [0.29, 0.717) is 73.3 Å². The molecule has 8 aliphatic rings. The number of halogens is 1. The Morgan fingerprint density at radius 3 is 1.37 bits per heavy atom. The minimum absolute atomic E-state index is 0.308. The van der Waals surface area contributed by atoms with Crippen LogP contribution in [0.1, 0.15) is 78.1 Å². The van der Waals surface area contributed by atoms with Crippen molar-refractivity contribution in [2.75, 3.05) is 0 Å². The van der Waals surface area contributed by atoms with Crippen molar-refractivity contribution in [2.24, 2.45) is 34.5 Å². The van der Waals surface area contributed by atoms with Crippen molar-refractivity contribution in [3.8, 4) is 0 Å². The number of benzene rings is 1. The minimum atomic E-state index is -3.25. The van der Waals surface area contributed by atoms with Crippen molar-refractivity contribution in [1.82, 2.24) is 0 Å². The molecule has 0 aliphatic heterocycles. The average Bonchev–Trinajstić information content (AvgIpc) is 3.55. The molecule has 1 aromatic carbocycles. The Hall–Kier alpha value is -2.69. The van der Waals surface area contributed by atoms with Gasteiger partial charge in [-0.3, -0.25) is 0 Å². The van der Waals surface area contributed by atoms with Crippen LogP contribution < -0.4 is 0 Å². The van der Waals surface area contributed by atoms with Crippen molar-refractivity contribution in [1.29, 1.82) is 0 Å². The molecule has 8 aliphatic carbocycles. The van der Waals surface area contributed by atoms with E-state index in [0.717, 1.165) is 29.3 Å². The Balaban J connectivity index is 1.11. The summed E-state index contributed by atoms with van der Waals surface area (Å²) in [4.78, 5) is 53.2. The summed E-state index contributed by atoms with van der Waals surface area (Å²) in [5, 5.41) is 0. The summed E-state index contributed by atoms with van der Waals surface area (Å²) in [6.07, 6.45) is 6.77. The second kappa shape index (κ2) is 9.91. The van der Waals surface area contributed by atoms with Crippen LogP contribution in [0.4, 0.5) is 0 Å². The van der Waals surface area contributed by atoms with Crippen LogP contribution in [0.15, 0.2) is 54.6 Å². The van der Waals surface area contributed by atoms with Crippen molar-refractivity contribution >= 4 is 44.5 Å². The molecule has 0 aromatic heterocycles. The third-order valence-electron chi connectivity index (χ3n) is 11.2. The Morgan fingerprint density at radius 1 is 0.651 bits per heavy atom. The molecule has 0 spiro atoms. The van der Waals surface area contributed by atoms with Crippen LogP contribution in [0.3, 0.4) is 0 Å². The Kier molecular flexibility index (Phi) is 6.69. The zero-order chi connectivity index (χ0) is 30.4. The summed E-state index contributed by atoms with van der Waals surface area (Å²) >= 11 is -3.25. The number of carbonyl (C=O) groups is 4. The van der Waals surface area contributed by atoms with Gasteiger partial charge in [-0.15, -0.1) is 0 Å². The number of hydrogen-bond acceptors (Lipinski definition) is 8. The first-order chi connectivity index (χ1) is 20.3. The van der Waals surface area contributed by atoms with E-state index in [-0.39, 0.29) is 11.9 Å². The van der Waals surface area contributed by atoms with Crippen molar-refractivity contribution < 1.29 is 34.8 Å². The first kappa shape index (κ1) is 29.0. The van der Waals surface area contributed by atoms with E-state index < -0.39 is 54.6 Å². The van der Waals surface area contributed by atoms with Gasteiger partial charge in [-0.2, -0.15) is 0 Å². The summed E-state index contributed by atoms with van der Waals surface area (Å²) in [6.45, 7) is 10.7. The third kappa shape index (κ3) is 4.75. The van der Waals surface area contributed by atoms with Gasteiger partial charge in [-0.1, -0.05) is 0 Å². The van der Waals surface area contributed by atoms with Crippen molar-refractivity contribution in [3.05, 3.63) is 58.2 Å². The Labute approximate surface area is 260 Å². The van der Waals surface area contributed by atoms with Gasteiger partial charge in [0.25, 0.3) is 0 Å². The molecule has 8 fully saturated rings. The number of rotatable bonds is 9. The first-order valence-corrected chi connectivity index (χ1v) is 18.2. The molecule has 0 saturated heterocycles. The van der Waals surface area contributed by atoms with Crippen molar-refractivity contribution in [2.45, 2.75) is 89.3 Å². The summed E-state index contributed by atoms with van der Waals surface area (Å²) in [5.74, 6) is -0.269. The molecular weight excluding hydrogens is 663 g/mol. The van der Waals surface area contributed by atoms with E-state index in [1.807, 2.05) is 30.3 Å². The number of esters is 2. The van der Waals surface area contributed by atoms with E-state index >= 15 is 0 Å². The van der Waals surface area contributed by atoms with E-state index in [4.69, 9.17) is 15.6 Å². The molecular formula is C34H39IO8. The molecule has 230 valence electrons. The van der Waals surface area contributed by atoms with Gasteiger partial charge in [0.2, 0.25) is 0 Å². The molecule has 4 unspecified atom stereocenters. The second-order valence-electron chi connectivity index (χ2n) is 14.5. The fourth-order valence-electron chi connectivity index (χ4n) is 9.88. The normalized spacial score (nSPS) is 39.3. The van der Waals surface area contributed by atoms with Crippen molar-refractivity contribution in [3.63, 3.8) is 0 Å². The quantitative estimate of drug-likeness (QED) is 0.165. The van der Waals surface area contributed by atoms with Gasteiger partial charge >= 0.3 is 261 Å². The second-order valence-corrected chi connectivity index (χ2v) is 17.9. The summed E-state index contributed by atoms with van der Waals surface area (Å²) in [7, 11) is 0. The van der Waals surface area contributed by atoms with Gasteiger partial charge in [0.05, 0.1) is 0 Å². The third-order valence-corrected chi connectivity index (χ3v) is 14.5. The van der Waals surface area contributed by atoms with Gasteiger partial charge in [-0.05, 0) is 0 Å². The fraction of sp³-hybridized carbons (Fsp3) is 0.588. The maximum atomic E-state index is 14.1. The summed E-state index contributed by atoms with van der Waals surface area (Å²) in [5.41, 5.74) is -2.13. The predicted molar refractivity (Wildman–Crippen MR) is 164 cm³/mol. The first-order valence-electron chi connectivity index (χ1n) is 15.3. The molecule has 43 heavy (non-hydrogen) atoms. The molecule has 8 saturated carbocycles. The molecule has 1 aromatic rings. The molecule has 8 bridgehead atoms. The van der Waals surface area contributed by atoms with E-state index in [9.17, 15) is 19.2 Å². The molecule has 9 heteroatoms. The van der Waals surface area contributed by atoms with Crippen LogP contribution in [0.25, 0.3) is 0 Å². The Bertz CT molecular complexity index is 1310. The van der Waals surface area contributed by atoms with Crippen LogP contribution in [-0.2, 0) is 34.8 Å². The van der Waals surface area contributed by atoms with Gasteiger partial charge in [-0.25, -0.2) is 0 Å². The molecule has 0 radical (unpaired) electrons. The monoisotopic (exact) mass is 702 g/mol. The summed E-state index contributed by atoms with van der Waals surface area (Å²) in [6, 6.07) is 9.32. The molecule has 0 amide bonds. The zero-order valence-electron chi connectivity index (χ0n) is 24.8. The van der Waals surface area contributed by atoms with Gasteiger partial charge < -0.3 is 0 Å². The van der Waals surface area contributed by atoms with E-state index in [1.54, 1.807) is 13.8 Å². The van der Waals surface area contributed by atoms with E-state index in [1.165, 1.54) is 0 Å². The van der Waals surface area contributed by atoms with Crippen LogP contribution >= 0.6 is 20.6 Å². The standard InChI is InChI=1S/C34H39IO8/c1-20(2)27(36)40-33-14-22-10-31(18-33,11-23(22)15-33)29(38)42-35(26-8-6-5-7-9-26)43-30(39)32-12-24-16-34(19-32,17-25(24)13-32)41-28(37)21(3)4/h5-9,22-25H,1,3,10-19H2,2,4H3. The fourth-order valence-corrected chi connectivity index (χ4v) is 13.1. The SMILES string of the molecule is C=C(C)C(=O)OC12CC3CC(C(=O)OI(OC(=O)C45CC6CC(OC(=O)C(=C)C)(CC6C4)C5)c4ccccc4)(CC3C1)C2. The molecule has 4 atom stereocenters. The molecule has 8 nitrogen and oxygen atoms in total. The predicted octanol–water partition coefficient (Wildman–Crippen LogP) is 6.42. The molecule has 0 heterocycles. The van der Waals surface area contributed by atoms with Crippen LogP contribution in [-0.4, -0.2) is 35.1 Å². The number of carbonyl (C=O) groups excluding carboxylic acids is 4. The van der Waals surface area contributed by atoms with Gasteiger partial charge in [0.15, 0.2) is 0 Å². The Morgan fingerprint density at radius 2 is 1.02 bits per heavy atom. The van der Waals surface area contributed by atoms with Crippen LogP contribution in [0.5, 0.6) is 0 Å². The molecule has 9 rings (SSSR count). The zero-order valence-corrected chi connectivity index (χ0v) is 27.0. The average molecular weight is 703 g/mol. The van der Waals surface area contributed by atoms with E-state index in [2.05, 4.69) is 13.2 Å². The van der Waals surface area contributed by atoms with Crippen LogP contribution in [0, 0.1) is 38.1 Å². The number of hydrogen-bond donors (Lipinski definition) is 0. The van der Waals surface area contributed by atoms with Gasteiger partial charge in [0, 0.05) is 0 Å². The topological polar surface area (TPSA) is 105 Å². The van der Waals surface area contributed by atoms with Crippen LogP contribution in [0.2, 0.25) is 0 Å². The summed E-state index contributed by atoms with van der Waals surface area (Å²) < 4.78 is 25.3. The number of ether oxygens (including phenoxy) is 2. The maximum absolute atomic E-state index is 14.1. The van der Waals surface area contributed by atoms with Gasteiger partial charge in [0.1, 0.15) is 0 Å².